The standard InChI is InChI=1S/C14H18Cl2N2O/c1-4-14(19)18(9-5-8-17(2)3)11-6-7-12(15)13(16)10-11/h4,6-7,10H,1,5,8-9H2,2-3H3. The van der Waals surface area contributed by atoms with Gasteiger partial charge in [-0.2, -0.15) is 0 Å². The molecule has 1 aromatic rings. The molecular formula is C14H18Cl2N2O. The first kappa shape index (κ1) is 16.0. The van der Waals surface area contributed by atoms with E-state index in [1.807, 2.05) is 14.1 Å². The zero-order chi connectivity index (χ0) is 14.4. The summed E-state index contributed by atoms with van der Waals surface area (Å²) in [7, 11) is 4.00. The average Bonchev–Trinajstić information content (AvgIpc) is 2.37. The van der Waals surface area contributed by atoms with Crippen molar-refractivity contribution in [2.75, 3.05) is 32.1 Å². The fourth-order valence-electron chi connectivity index (χ4n) is 1.67. The van der Waals surface area contributed by atoms with E-state index in [9.17, 15) is 4.79 Å². The van der Waals surface area contributed by atoms with Gasteiger partial charge in [0.15, 0.2) is 0 Å². The topological polar surface area (TPSA) is 23.6 Å². The molecule has 1 amide bonds. The van der Waals surface area contributed by atoms with Gasteiger partial charge in [-0.1, -0.05) is 29.8 Å². The maximum absolute atomic E-state index is 11.9. The highest BCUT2D eigenvalue weighted by Crippen LogP contribution is 2.27. The summed E-state index contributed by atoms with van der Waals surface area (Å²) >= 11 is 11.9. The van der Waals surface area contributed by atoms with E-state index >= 15 is 0 Å². The summed E-state index contributed by atoms with van der Waals surface area (Å²) in [5.74, 6) is -0.142. The van der Waals surface area contributed by atoms with Crippen LogP contribution in [0.4, 0.5) is 5.69 Å². The van der Waals surface area contributed by atoms with Gasteiger partial charge in [0.2, 0.25) is 5.91 Å². The van der Waals surface area contributed by atoms with E-state index in [0.29, 0.717) is 16.6 Å². The predicted octanol–water partition coefficient (Wildman–Crippen LogP) is 3.46. The zero-order valence-electron chi connectivity index (χ0n) is 11.2. The Morgan fingerprint density at radius 1 is 1.26 bits per heavy atom. The van der Waals surface area contributed by atoms with Crippen molar-refractivity contribution < 1.29 is 4.79 Å². The molecule has 0 aliphatic rings. The molecule has 0 spiro atoms. The number of carbonyl (C=O) groups excluding carboxylic acids is 1. The van der Waals surface area contributed by atoms with Crippen molar-refractivity contribution in [3.05, 3.63) is 40.9 Å². The van der Waals surface area contributed by atoms with Crippen LogP contribution in [0.3, 0.4) is 0 Å². The van der Waals surface area contributed by atoms with Gasteiger partial charge in [-0.05, 0) is 51.3 Å². The first-order valence-electron chi connectivity index (χ1n) is 5.99. The maximum Gasteiger partial charge on any atom is 0.250 e. The molecule has 0 atom stereocenters. The Morgan fingerprint density at radius 2 is 1.95 bits per heavy atom. The van der Waals surface area contributed by atoms with E-state index in [1.165, 1.54) is 6.08 Å². The van der Waals surface area contributed by atoms with Crippen LogP contribution in [0.1, 0.15) is 6.42 Å². The monoisotopic (exact) mass is 300 g/mol. The maximum atomic E-state index is 11.9. The van der Waals surface area contributed by atoms with Crippen LogP contribution in [0.25, 0.3) is 0 Å². The smallest absolute Gasteiger partial charge is 0.250 e. The molecule has 0 saturated carbocycles. The number of hydrogen-bond acceptors (Lipinski definition) is 2. The fraction of sp³-hybridized carbons (Fsp3) is 0.357. The van der Waals surface area contributed by atoms with Gasteiger partial charge in [0.25, 0.3) is 0 Å². The van der Waals surface area contributed by atoms with Gasteiger partial charge in [0, 0.05) is 12.2 Å². The lowest BCUT2D eigenvalue weighted by Crippen LogP contribution is -2.32. The van der Waals surface area contributed by atoms with Crippen LogP contribution in [0.5, 0.6) is 0 Å². The van der Waals surface area contributed by atoms with Crippen molar-refractivity contribution in [2.45, 2.75) is 6.42 Å². The number of hydrogen-bond donors (Lipinski definition) is 0. The minimum Gasteiger partial charge on any atom is -0.309 e. The minimum atomic E-state index is -0.142. The van der Waals surface area contributed by atoms with E-state index in [1.54, 1.807) is 23.1 Å². The number of nitrogens with zero attached hydrogens (tertiary/aromatic N) is 2. The number of amides is 1. The van der Waals surface area contributed by atoms with Crippen molar-refractivity contribution in [1.82, 2.24) is 4.90 Å². The lowest BCUT2D eigenvalue weighted by molar-refractivity contribution is -0.114. The minimum absolute atomic E-state index is 0.142. The molecule has 0 heterocycles. The van der Waals surface area contributed by atoms with Gasteiger partial charge in [-0.25, -0.2) is 0 Å². The Balaban J connectivity index is 2.86. The molecule has 3 nitrogen and oxygen atoms in total. The molecule has 0 aromatic heterocycles. The molecule has 19 heavy (non-hydrogen) atoms. The van der Waals surface area contributed by atoms with Gasteiger partial charge in [-0.15, -0.1) is 0 Å². The fourth-order valence-corrected chi connectivity index (χ4v) is 1.97. The summed E-state index contributed by atoms with van der Waals surface area (Å²) < 4.78 is 0. The number of halogens is 2. The van der Waals surface area contributed by atoms with Crippen LogP contribution in [-0.4, -0.2) is 38.0 Å². The van der Waals surface area contributed by atoms with Gasteiger partial charge in [0.1, 0.15) is 0 Å². The summed E-state index contributed by atoms with van der Waals surface area (Å²) in [6.07, 6.45) is 2.17. The second kappa shape index (κ2) is 7.53. The Morgan fingerprint density at radius 3 is 2.47 bits per heavy atom. The van der Waals surface area contributed by atoms with Crippen LogP contribution in [0, 0.1) is 0 Å². The molecule has 0 N–H and O–H groups in total. The second-order valence-electron chi connectivity index (χ2n) is 4.45. The summed E-state index contributed by atoms with van der Waals surface area (Å²) in [5.41, 5.74) is 0.734. The van der Waals surface area contributed by atoms with Crippen LogP contribution in [-0.2, 0) is 4.79 Å². The third kappa shape index (κ3) is 4.86. The van der Waals surface area contributed by atoms with E-state index in [0.717, 1.165) is 18.7 Å². The number of benzene rings is 1. The second-order valence-corrected chi connectivity index (χ2v) is 5.26. The Hall–Kier alpha value is -1.03. The largest absolute Gasteiger partial charge is 0.309 e. The van der Waals surface area contributed by atoms with Gasteiger partial charge < -0.3 is 9.80 Å². The zero-order valence-corrected chi connectivity index (χ0v) is 12.7. The highest BCUT2D eigenvalue weighted by molar-refractivity contribution is 6.42. The molecule has 0 aliphatic carbocycles. The third-order valence-corrected chi connectivity index (χ3v) is 3.38. The van der Waals surface area contributed by atoms with Crippen LogP contribution in [0.2, 0.25) is 10.0 Å². The molecule has 0 radical (unpaired) electrons. The molecule has 1 rings (SSSR count). The third-order valence-electron chi connectivity index (χ3n) is 2.64. The van der Waals surface area contributed by atoms with E-state index in [4.69, 9.17) is 23.2 Å². The summed E-state index contributed by atoms with van der Waals surface area (Å²) in [5, 5.41) is 0.915. The van der Waals surface area contributed by atoms with Crippen LogP contribution >= 0.6 is 23.2 Å². The highest BCUT2D eigenvalue weighted by atomic mass is 35.5. The highest BCUT2D eigenvalue weighted by Gasteiger charge is 2.13. The number of carbonyl (C=O) groups is 1. The summed E-state index contributed by atoms with van der Waals surface area (Å²) in [6, 6.07) is 5.17. The molecule has 0 aliphatic heterocycles. The molecule has 0 saturated heterocycles. The average molecular weight is 301 g/mol. The molecular weight excluding hydrogens is 283 g/mol. The lowest BCUT2D eigenvalue weighted by atomic mass is 10.2. The van der Waals surface area contributed by atoms with Crippen molar-refractivity contribution in [2.24, 2.45) is 0 Å². The first-order valence-corrected chi connectivity index (χ1v) is 6.75. The summed E-state index contributed by atoms with van der Waals surface area (Å²) in [4.78, 5) is 15.6. The molecule has 1 aromatic carbocycles. The normalized spacial score (nSPS) is 10.6. The van der Waals surface area contributed by atoms with E-state index in [-0.39, 0.29) is 5.91 Å². The van der Waals surface area contributed by atoms with E-state index < -0.39 is 0 Å². The molecule has 0 unspecified atom stereocenters. The molecule has 0 bridgehead atoms. The van der Waals surface area contributed by atoms with Gasteiger partial charge in [-0.3, -0.25) is 4.79 Å². The molecule has 0 fully saturated rings. The van der Waals surface area contributed by atoms with Gasteiger partial charge in [0.05, 0.1) is 10.0 Å². The van der Waals surface area contributed by atoms with Crippen molar-refractivity contribution in [3.63, 3.8) is 0 Å². The summed E-state index contributed by atoms with van der Waals surface area (Å²) in [6.45, 7) is 5.05. The first-order chi connectivity index (χ1) is 8.95. The number of anilines is 1. The number of rotatable bonds is 6. The lowest BCUT2D eigenvalue weighted by Gasteiger charge is -2.22. The van der Waals surface area contributed by atoms with Gasteiger partial charge >= 0.3 is 0 Å². The quantitative estimate of drug-likeness (QED) is 0.751. The van der Waals surface area contributed by atoms with Crippen molar-refractivity contribution in [3.8, 4) is 0 Å². The van der Waals surface area contributed by atoms with Crippen LogP contribution in [0.15, 0.2) is 30.9 Å². The van der Waals surface area contributed by atoms with E-state index in [2.05, 4.69) is 11.5 Å². The van der Waals surface area contributed by atoms with Crippen LogP contribution < -0.4 is 4.90 Å². The Kier molecular flexibility index (Phi) is 6.35. The van der Waals surface area contributed by atoms with Crippen molar-refractivity contribution in [1.29, 1.82) is 0 Å². The molecule has 5 heteroatoms. The van der Waals surface area contributed by atoms with Crippen molar-refractivity contribution >= 4 is 34.8 Å². The molecule has 104 valence electrons. The SMILES string of the molecule is C=CC(=O)N(CCCN(C)C)c1ccc(Cl)c(Cl)c1. The Bertz CT molecular complexity index is 461. The Labute approximate surface area is 124 Å². The predicted molar refractivity (Wildman–Crippen MR) is 82.2 cm³/mol.